The Balaban J connectivity index is 1.71. The first-order valence-corrected chi connectivity index (χ1v) is 8.42. The normalized spacial score (nSPS) is 10.5. The molecule has 0 spiro atoms. The number of hydrogen-bond donors (Lipinski definition) is 1. The van der Waals surface area contributed by atoms with Gasteiger partial charge in [0, 0.05) is 0 Å². The summed E-state index contributed by atoms with van der Waals surface area (Å²) in [5.41, 5.74) is 2.63. The fraction of sp³-hybridized carbons (Fsp3) is 0.136. The van der Waals surface area contributed by atoms with Crippen molar-refractivity contribution in [1.29, 1.82) is 0 Å². The maximum absolute atomic E-state index is 12.4. The molecule has 0 aromatic heterocycles. The number of methoxy groups -OCH3 is 1. The minimum absolute atomic E-state index is 0.0630. The van der Waals surface area contributed by atoms with Crippen molar-refractivity contribution in [2.45, 2.75) is 6.10 Å². The summed E-state index contributed by atoms with van der Waals surface area (Å²) < 4.78 is 11.2. The summed E-state index contributed by atoms with van der Waals surface area (Å²) in [6, 6.07) is 27.0. The SMILES string of the molecule is COc1ccccc1NC(=O)COC(c1ccccc1)c1ccccc1. The Morgan fingerprint density at radius 1 is 0.846 bits per heavy atom. The lowest BCUT2D eigenvalue weighted by atomic mass is 10.0. The summed E-state index contributed by atoms with van der Waals surface area (Å²) in [5, 5.41) is 2.83. The number of para-hydroxylation sites is 2. The highest BCUT2D eigenvalue weighted by Gasteiger charge is 2.16. The van der Waals surface area contributed by atoms with Gasteiger partial charge in [0.2, 0.25) is 0 Å². The van der Waals surface area contributed by atoms with Gasteiger partial charge >= 0.3 is 0 Å². The van der Waals surface area contributed by atoms with Crippen LogP contribution in [0.15, 0.2) is 84.9 Å². The lowest BCUT2D eigenvalue weighted by Crippen LogP contribution is -2.21. The van der Waals surface area contributed by atoms with Crippen LogP contribution >= 0.6 is 0 Å². The van der Waals surface area contributed by atoms with Crippen molar-refractivity contribution in [2.75, 3.05) is 19.0 Å². The molecule has 0 fully saturated rings. The second kappa shape index (κ2) is 8.83. The van der Waals surface area contributed by atoms with E-state index in [0.717, 1.165) is 11.1 Å². The second-order valence-electron chi connectivity index (χ2n) is 5.76. The number of anilines is 1. The Morgan fingerprint density at radius 2 is 1.38 bits per heavy atom. The maximum Gasteiger partial charge on any atom is 0.250 e. The molecule has 3 aromatic rings. The molecule has 0 heterocycles. The van der Waals surface area contributed by atoms with E-state index >= 15 is 0 Å². The minimum atomic E-state index is -0.305. The molecule has 4 nitrogen and oxygen atoms in total. The molecular weight excluding hydrogens is 326 g/mol. The van der Waals surface area contributed by atoms with Crippen molar-refractivity contribution in [3.8, 4) is 5.75 Å². The van der Waals surface area contributed by atoms with Crippen LogP contribution < -0.4 is 10.1 Å². The van der Waals surface area contributed by atoms with Gasteiger partial charge in [-0.15, -0.1) is 0 Å². The maximum atomic E-state index is 12.4. The van der Waals surface area contributed by atoms with Gasteiger partial charge in [-0.1, -0.05) is 72.8 Å². The number of carbonyl (C=O) groups excluding carboxylic acids is 1. The standard InChI is InChI=1S/C22H21NO3/c1-25-20-15-9-8-14-19(20)23-21(24)16-26-22(17-10-4-2-5-11-17)18-12-6-3-7-13-18/h2-15,22H,16H2,1H3,(H,23,24). The Hall–Kier alpha value is -3.11. The van der Waals surface area contributed by atoms with Crippen molar-refractivity contribution in [3.63, 3.8) is 0 Å². The Bertz CT molecular complexity index is 795. The minimum Gasteiger partial charge on any atom is -0.495 e. The molecule has 3 aromatic carbocycles. The average Bonchev–Trinajstić information content (AvgIpc) is 2.70. The third-order valence-corrected chi connectivity index (χ3v) is 3.97. The van der Waals surface area contributed by atoms with E-state index in [2.05, 4.69) is 5.32 Å². The summed E-state index contributed by atoms with van der Waals surface area (Å²) in [7, 11) is 1.57. The Morgan fingerprint density at radius 3 is 1.96 bits per heavy atom. The van der Waals surface area contributed by atoms with Crippen LogP contribution in [0.3, 0.4) is 0 Å². The molecule has 0 atom stereocenters. The van der Waals surface area contributed by atoms with Crippen molar-refractivity contribution in [2.24, 2.45) is 0 Å². The van der Waals surface area contributed by atoms with Crippen LogP contribution in [0, 0.1) is 0 Å². The molecule has 0 aliphatic heterocycles. The van der Waals surface area contributed by atoms with Crippen molar-refractivity contribution in [3.05, 3.63) is 96.1 Å². The molecule has 0 saturated carbocycles. The summed E-state index contributed by atoms with van der Waals surface area (Å²) in [5.74, 6) is 0.384. The fourth-order valence-corrected chi connectivity index (χ4v) is 2.73. The molecular formula is C22H21NO3. The number of rotatable bonds is 7. The molecule has 132 valence electrons. The van der Waals surface area contributed by atoms with Gasteiger partial charge in [0.25, 0.3) is 5.91 Å². The number of amides is 1. The summed E-state index contributed by atoms with van der Waals surface area (Å²) in [6.07, 6.45) is -0.305. The predicted octanol–water partition coefficient (Wildman–Crippen LogP) is 4.44. The van der Waals surface area contributed by atoms with E-state index in [0.29, 0.717) is 11.4 Å². The fourth-order valence-electron chi connectivity index (χ4n) is 2.73. The molecule has 0 unspecified atom stereocenters. The lowest BCUT2D eigenvalue weighted by Gasteiger charge is -2.19. The molecule has 0 radical (unpaired) electrons. The number of benzene rings is 3. The molecule has 4 heteroatoms. The van der Waals surface area contributed by atoms with E-state index < -0.39 is 0 Å². The van der Waals surface area contributed by atoms with Gasteiger partial charge in [-0.05, 0) is 23.3 Å². The van der Waals surface area contributed by atoms with Crippen LogP contribution in [-0.2, 0) is 9.53 Å². The van der Waals surface area contributed by atoms with E-state index in [1.54, 1.807) is 19.2 Å². The zero-order valence-electron chi connectivity index (χ0n) is 14.6. The predicted molar refractivity (Wildman–Crippen MR) is 102 cm³/mol. The van der Waals surface area contributed by atoms with Gasteiger partial charge in [-0.3, -0.25) is 4.79 Å². The molecule has 1 N–H and O–H groups in total. The molecule has 0 saturated heterocycles. The van der Waals surface area contributed by atoms with Gasteiger partial charge < -0.3 is 14.8 Å². The highest BCUT2D eigenvalue weighted by atomic mass is 16.5. The molecule has 0 bridgehead atoms. The van der Waals surface area contributed by atoms with Crippen LogP contribution in [0.1, 0.15) is 17.2 Å². The van der Waals surface area contributed by atoms with Crippen LogP contribution in [0.25, 0.3) is 0 Å². The van der Waals surface area contributed by atoms with Gasteiger partial charge in [-0.25, -0.2) is 0 Å². The van der Waals surface area contributed by atoms with E-state index in [-0.39, 0.29) is 18.6 Å². The zero-order valence-corrected chi connectivity index (χ0v) is 14.6. The second-order valence-corrected chi connectivity index (χ2v) is 5.76. The highest BCUT2D eigenvalue weighted by Crippen LogP contribution is 2.26. The Kier molecular flexibility index (Phi) is 6.01. The lowest BCUT2D eigenvalue weighted by molar-refractivity contribution is -0.121. The quantitative estimate of drug-likeness (QED) is 0.687. The third kappa shape index (κ3) is 4.49. The molecule has 0 aliphatic carbocycles. The van der Waals surface area contributed by atoms with E-state index in [1.165, 1.54) is 0 Å². The van der Waals surface area contributed by atoms with Crippen molar-refractivity contribution >= 4 is 11.6 Å². The van der Waals surface area contributed by atoms with E-state index in [4.69, 9.17) is 9.47 Å². The van der Waals surface area contributed by atoms with Crippen LogP contribution in [-0.4, -0.2) is 19.6 Å². The first-order valence-electron chi connectivity index (χ1n) is 8.42. The molecule has 3 rings (SSSR count). The van der Waals surface area contributed by atoms with E-state index in [9.17, 15) is 4.79 Å². The third-order valence-electron chi connectivity index (χ3n) is 3.97. The number of nitrogens with one attached hydrogen (secondary N) is 1. The van der Waals surface area contributed by atoms with Crippen LogP contribution in [0.5, 0.6) is 5.75 Å². The smallest absolute Gasteiger partial charge is 0.250 e. The topological polar surface area (TPSA) is 47.6 Å². The number of carbonyl (C=O) groups is 1. The summed E-state index contributed by atoms with van der Waals surface area (Å²) in [6.45, 7) is -0.0630. The average molecular weight is 347 g/mol. The van der Waals surface area contributed by atoms with Gasteiger partial charge in [-0.2, -0.15) is 0 Å². The van der Waals surface area contributed by atoms with Crippen molar-refractivity contribution in [1.82, 2.24) is 0 Å². The largest absolute Gasteiger partial charge is 0.495 e. The monoisotopic (exact) mass is 347 g/mol. The molecule has 26 heavy (non-hydrogen) atoms. The molecule has 1 amide bonds. The number of ether oxygens (including phenoxy) is 2. The number of hydrogen-bond acceptors (Lipinski definition) is 3. The highest BCUT2D eigenvalue weighted by molar-refractivity contribution is 5.93. The first-order chi connectivity index (χ1) is 12.8. The van der Waals surface area contributed by atoms with E-state index in [1.807, 2.05) is 72.8 Å². The molecule has 0 aliphatic rings. The van der Waals surface area contributed by atoms with Gasteiger partial charge in [0.1, 0.15) is 18.5 Å². The summed E-state index contributed by atoms with van der Waals surface area (Å²) in [4.78, 5) is 12.4. The van der Waals surface area contributed by atoms with Gasteiger partial charge in [0.15, 0.2) is 0 Å². The Labute approximate surface area is 153 Å². The van der Waals surface area contributed by atoms with Gasteiger partial charge in [0.05, 0.1) is 12.8 Å². The summed E-state index contributed by atoms with van der Waals surface area (Å²) >= 11 is 0. The van der Waals surface area contributed by atoms with Crippen molar-refractivity contribution < 1.29 is 14.3 Å². The zero-order chi connectivity index (χ0) is 18.2. The first kappa shape index (κ1) is 17.7. The van der Waals surface area contributed by atoms with Crippen LogP contribution in [0.2, 0.25) is 0 Å². The van der Waals surface area contributed by atoms with Crippen LogP contribution in [0.4, 0.5) is 5.69 Å².